The van der Waals surface area contributed by atoms with E-state index in [9.17, 15) is 13.2 Å². The van der Waals surface area contributed by atoms with Gasteiger partial charge in [-0.3, -0.25) is 4.79 Å². The smallest absolute Gasteiger partial charge is 0.241 e. The Morgan fingerprint density at radius 1 is 1.07 bits per heavy atom. The van der Waals surface area contributed by atoms with Gasteiger partial charge in [-0.1, -0.05) is 15.9 Å². The SMILES string of the molecule is COc1ccc(OC)c(C(C)NC(=O)C(C)(C)S(=O)(=O)c2ccc(Br)cc2)c1. The average Bonchev–Trinajstić information content (AvgIpc) is 2.67. The third kappa shape index (κ3) is 4.33. The van der Waals surface area contributed by atoms with Crippen LogP contribution in [-0.2, 0) is 14.6 Å². The maximum Gasteiger partial charge on any atom is 0.241 e. The van der Waals surface area contributed by atoms with Gasteiger partial charge in [0, 0.05) is 10.0 Å². The molecule has 8 heteroatoms. The number of rotatable bonds is 7. The lowest BCUT2D eigenvalue weighted by molar-refractivity contribution is -0.123. The largest absolute Gasteiger partial charge is 0.497 e. The van der Waals surface area contributed by atoms with Gasteiger partial charge in [0.15, 0.2) is 9.84 Å². The van der Waals surface area contributed by atoms with Gasteiger partial charge in [-0.25, -0.2) is 8.42 Å². The molecule has 1 atom stereocenters. The van der Waals surface area contributed by atoms with E-state index >= 15 is 0 Å². The maximum atomic E-state index is 13.0. The minimum absolute atomic E-state index is 0.0856. The fourth-order valence-electron chi connectivity index (χ4n) is 2.66. The van der Waals surface area contributed by atoms with E-state index < -0.39 is 26.5 Å². The van der Waals surface area contributed by atoms with Gasteiger partial charge in [0.05, 0.1) is 25.2 Å². The van der Waals surface area contributed by atoms with Gasteiger partial charge < -0.3 is 14.8 Å². The lowest BCUT2D eigenvalue weighted by Gasteiger charge is -2.27. The zero-order valence-electron chi connectivity index (χ0n) is 16.4. The van der Waals surface area contributed by atoms with E-state index in [1.807, 2.05) is 0 Å². The predicted molar refractivity (Wildman–Crippen MR) is 112 cm³/mol. The Bertz CT molecular complexity index is 955. The van der Waals surface area contributed by atoms with Crippen LogP contribution in [0.15, 0.2) is 51.8 Å². The number of carbonyl (C=O) groups is 1. The zero-order chi connectivity index (χ0) is 21.1. The van der Waals surface area contributed by atoms with E-state index in [-0.39, 0.29) is 4.90 Å². The van der Waals surface area contributed by atoms with Crippen LogP contribution in [0.4, 0.5) is 0 Å². The number of hydrogen-bond donors (Lipinski definition) is 1. The summed E-state index contributed by atoms with van der Waals surface area (Å²) in [6.07, 6.45) is 0. The summed E-state index contributed by atoms with van der Waals surface area (Å²) < 4.78 is 35.7. The van der Waals surface area contributed by atoms with Gasteiger partial charge in [0.2, 0.25) is 5.91 Å². The molecule has 0 heterocycles. The van der Waals surface area contributed by atoms with E-state index in [0.717, 1.165) is 4.47 Å². The highest BCUT2D eigenvalue weighted by molar-refractivity contribution is 9.10. The van der Waals surface area contributed by atoms with E-state index in [4.69, 9.17) is 9.47 Å². The van der Waals surface area contributed by atoms with Crippen LogP contribution < -0.4 is 14.8 Å². The highest BCUT2D eigenvalue weighted by atomic mass is 79.9. The molecule has 0 aliphatic heterocycles. The van der Waals surface area contributed by atoms with Crippen molar-refractivity contribution in [3.63, 3.8) is 0 Å². The number of nitrogens with one attached hydrogen (secondary N) is 1. The van der Waals surface area contributed by atoms with E-state index in [2.05, 4.69) is 21.2 Å². The number of halogens is 1. The quantitative estimate of drug-likeness (QED) is 0.664. The van der Waals surface area contributed by atoms with Crippen LogP contribution in [0, 0.1) is 0 Å². The standard InChI is InChI=1S/C20H24BrNO5S/c1-13(17-12-15(26-4)8-11-18(17)27-5)22-19(23)20(2,3)28(24,25)16-9-6-14(21)7-10-16/h6-13H,1-5H3,(H,22,23). The molecule has 2 aromatic carbocycles. The van der Waals surface area contributed by atoms with Crippen LogP contribution in [0.3, 0.4) is 0 Å². The van der Waals surface area contributed by atoms with Gasteiger partial charge in [-0.15, -0.1) is 0 Å². The van der Waals surface area contributed by atoms with Crippen molar-refractivity contribution in [2.45, 2.75) is 36.5 Å². The van der Waals surface area contributed by atoms with Crippen LogP contribution in [0.1, 0.15) is 32.4 Å². The first-order chi connectivity index (χ1) is 13.0. The number of carbonyl (C=O) groups excluding carboxylic acids is 1. The number of sulfone groups is 1. The number of benzene rings is 2. The van der Waals surface area contributed by atoms with E-state index in [0.29, 0.717) is 17.1 Å². The highest BCUT2D eigenvalue weighted by Crippen LogP contribution is 2.31. The lowest BCUT2D eigenvalue weighted by Crippen LogP contribution is -2.48. The number of methoxy groups -OCH3 is 2. The molecule has 0 bridgehead atoms. The Hall–Kier alpha value is -2.06. The average molecular weight is 470 g/mol. The fourth-order valence-corrected chi connectivity index (χ4v) is 4.31. The molecule has 0 saturated heterocycles. The summed E-state index contributed by atoms with van der Waals surface area (Å²) in [6, 6.07) is 11.0. The topological polar surface area (TPSA) is 81.7 Å². The Kier molecular flexibility index (Phi) is 6.77. The second-order valence-corrected chi connectivity index (χ2v) is 10.2. The minimum atomic E-state index is -3.90. The molecule has 2 aromatic rings. The molecule has 1 N–H and O–H groups in total. The molecular formula is C20H24BrNO5S. The number of hydrogen-bond acceptors (Lipinski definition) is 5. The van der Waals surface area contributed by atoms with Crippen LogP contribution in [-0.4, -0.2) is 33.3 Å². The maximum absolute atomic E-state index is 13.0. The Morgan fingerprint density at radius 2 is 1.68 bits per heavy atom. The van der Waals surface area contributed by atoms with Crippen LogP contribution >= 0.6 is 15.9 Å². The van der Waals surface area contributed by atoms with E-state index in [1.165, 1.54) is 33.1 Å². The molecule has 0 radical (unpaired) electrons. The van der Waals surface area contributed by atoms with Crippen molar-refractivity contribution in [1.29, 1.82) is 0 Å². The first-order valence-corrected chi connectivity index (χ1v) is 10.8. The second kappa shape index (κ2) is 8.53. The van der Waals surface area contributed by atoms with Crippen molar-refractivity contribution in [3.8, 4) is 11.5 Å². The van der Waals surface area contributed by atoms with Gasteiger partial charge >= 0.3 is 0 Å². The molecule has 1 amide bonds. The molecule has 1 unspecified atom stereocenters. The Morgan fingerprint density at radius 3 is 2.21 bits per heavy atom. The molecule has 28 heavy (non-hydrogen) atoms. The summed E-state index contributed by atoms with van der Waals surface area (Å²) in [5, 5.41) is 2.79. The van der Waals surface area contributed by atoms with Crippen LogP contribution in [0.25, 0.3) is 0 Å². The Labute approximate surface area is 174 Å². The summed E-state index contributed by atoms with van der Waals surface area (Å²) in [6.45, 7) is 4.56. The van der Waals surface area contributed by atoms with Gasteiger partial charge in [-0.05, 0) is 63.2 Å². The van der Waals surface area contributed by atoms with Crippen molar-refractivity contribution in [1.82, 2.24) is 5.32 Å². The summed E-state index contributed by atoms with van der Waals surface area (Å²) in [5.74, 6) is 0.577. The molecule has 0 aliphatic rings. The molecule has 152 valence electrons. The first-order valence-electron chi connectivity index (χ1n) is 8.57. The number of ether oxygens (including phenoxy) is 2. The first kappa shape index (κ1) is 22.2. The monoisotopic (exact) mass is 469 g/mol. The zero-order valence-corrected chi connectivity index (χ0v) is 18.8. The van der Waals surface area contributed by atoms with Crippen molar-refractivity contribution in [2.75, 3.05) is 14.2 Å². The fraction of sp³-hybridized carbons (Fsp3) is 0.350. The highest BCUT2D eigenvalue weighted by Gasteiger charge is 2.43. The lowest BCUT2D eigenvalue weighted by atomic mass is 10.1. The van der Waals surface area contributed by atoms with Crippen LogP contribution in [0.2, 0.25) is 0 Å². The van der Waals surface area contributed by atoms with Gasteiger partial charge in [0.1, 0.15) is 16.2 Å². The summed E-state index contributed by atoms with van der Waals surface area (Å²) in [4.78, 5) is 13.0. The third-order valence-electron chi connectivity index (χ3n) is 4.59. The number of amides is 1. The van der Waals surface area contributed by atoms with Crippen molar-refractivity contribution in [2.24, 2.45) is 0 Å². The van der Waals surface area contributed by atoms with E-state index in [1.54, 1.807) is 44.4 Å². The summed E-state index contributed by atoms with van der Waals surface area (Å²) in [7, 11) is -0.826. The summed E-state index contributed by atoms with van der Waals surface area (Å²) in [5.41, 5.74) is 0.687. The molecule has 0 saturated carbocycles. The van der Waals surface area contributed by atoms with Crippen molar-refractivity contribution in [3.05, 3.63) is 52.5 Å². The third-order valence-corrected chi connectivity index (χ3v) is 7.54. The molecule has 6 nitrogen and oxygen atoms in total. The second-order valence-electron chi connectivity index (χ2n) is 6.77. The van der Waals surface area contributed by atoms with Crippen molar-refractivity contribution >= 4 is 31.7 Å². The predicted octanol–water partition coefficient (Wildman–Crippen LogP) is 3.90. The molecule has 2 rings (SSSR count). The molecule has 0 spiro atoms. The molecule has 0 aromatic heterocycles. The van der Waals surface area contributed by atoms with Gasteiger partial charge in [-0.2, -0.15) is 0 Å². The molecular weight excluding hydrogens is 446 g/mol. The van der Waals surface area contributed by atoms with Gasteiger partial charge in [0.25, 0.3) is 0 Å². The molecule has 0 fully saturated rings. The summed E-state index contributed by atoms with van der Waals surface area (Å²) >= 11 is 3.28. The minimum Gasteiger partial charge on any atom is -0.497 e. The van der Waals surface area contributed by atoms with Crippen LogP contribution in [0.5, 0.6) is 11.5 Å². The normalized spacial score (nSPS) is 12.9. The van der Waals surface area contributed by atoms with Crippen molar-refractivity contribution < 1.29 is 22.7 Å². The molecule has 0 aliphatic carbocycles. The Balaban J connectivity index is 2.31.